The Morgan fingerprint density at radius 1 is 0.783 bits per heavy atom. The summed E-state index contributed by atoms with van der Waals surface area (Å²) >= 11 is 1.48. The van der Waals surface area contributed by atoms with Crippen LogP contribution in [0.25, 0.3) is 0 Å². The Morgan fingerprint density at radius 3 is 1.70 bits per heavy atom. The molecule has 0 atom stereocenters. The maximum atomic E-state index is 8.25. The SMILES string of the molecule is CCCCC/C=C\C/C=C\CCCCCCC[CH2][Zn+].O=[N+]([O-])[O-]. The van der Waals surface area contributed by atoms with E-state index in [-0.39, 0.29) is 0 Å². The van der Waals surface area contributed by atoms with Crippen LogP contribution in [-0.4, -0.2) is 5.09 Å². The van der Waals surface area contributed by atoms with Gasteiger partial charge in [-0.1, -0.05) is 25.8 Å². The monoisotopic (exact) mass is 375 g/mol. The molecule has 0 heterocycles. The molecule has 0 radical (unpaired) electrons. The predicted octanol–water partition coefficient (Wildman–Crippen LogP) is 6.53. The maximum absolute atomic E-state index is 8.25. The molecular weight excluding hydrogens is 344 g/mol. The van der Waals surface area contributed by atoms with Gasteiger partial charge in [0, 0.05) is 0 Å². The van der Waals surface area contributed by atoms with Crippen LogP contribution in [0.5, 0.6) is 0 Å². The molecule has 23 heavy (non-hydrogen) atoms. The molecule has 130 valence electrons. The van der Waals surface area contributed by atoms with Gasteiger partial charge in [-0.2, -0.15) is 0 Å². The van der Waals surface area contributed by atoms with Crippen molar-refractivity contribution in [1.29, 1.82) is 0 Å². The van der Waals surface area contributed by atoms with Gasteiger partial charge in [-0.05, 0) is 12.8 Å². The van der Waals surface area contributed by atoms with E-state index < -0.39 is 5.09 Å². The molecule has 0 bridgehead atoms. The van der Waals surface area contributed by atoms with Crippen LogP contribution < -0.4 is 0 Å². The maximum Gasteiger partial charge on any atom is 0.0689 e. The molecule has 0 aliphatic carbocycles. The van der Waals surface area contributed by atoms with Crippen LogP contribution in [0.1, 0.15) is 84.0 Å². The zero-order valence-corrected chi connectivity index (χ0v) is 17.8. The quantitative estimate of drug-likeness (QED) is 0.114. The van der Waals surface area contributed by atoms with Crippen LogP contribution in [0.15, 0.2) is 24.3 Å². The van der Waals surface area contributed by atoms with Crippen molar-refractivity contribution < 1.29 is 23.4 Å². The number of nitrogens with zero attached hydrogens (tertiary/aromatic N) is 1. The van der Waals surface area contributed by atoms with Crippen molar-refractivity contribution in [1.82, 2.24) is 0 Å². The minimum absolute atomic E-state index is 1.13. The summed E-state index contributed by atoms with van der Waals surface area (Å²) in [5, 5.41) is 16.2. The van der Waals surface area contributed by atoms with Crippen molar-refractivity contribution in [2.45, 2.75) is 89.0 Å². The Morgan fingerprint density at radius 2 is 1.22 bits per heavy atom. The second kappa shape index (κ2) is 23.6. The van der Waals surface area contributed by atoms with Crippen LogP contribution in [0, 0.1) is 15.3 Å². The molecule has 0 aromatic carbocycles. The van der Waals surface area contributed by atoms with Crippen LogP contribution in [0.2, 0.25) is 5.02 Å². The first kappa shape index (κ1) is 24.6. The summed E-state index contributed by atoms with van der Waals surface area (Å²) in [6.07, 6.45) is 25.8. The molecule has 0 saturated carbocycles. The molecule has 0 aliphatic heterocycles. The van der Waals surface area contributed by atoms with Gasteiger partial charge in [0.25, 0.3) is 0 Å². The molecule has 0 saturated heterocycles. The van der Waals surface area contributed by atoms with Crippen LogP contribution in [-0.2, 0) is 18.3 Å². The summed E-state index contributed by atoms with van der Waals surface area (Å²) in [5.74, 6) is 0. The Labute approximate surface area is 152 Å². The van der Waals surface area contributed by atoms with Crippen molar-refractivity contribution in [3.63, 3.8) is 0 Å². The predicted molar refractivity (Wildman–Crippen MR) is 94.5 cm³/mol. The number of hydrogen-bond acceptors (Lipinski definition) is 3. The van der Waals surface area contributed by atoms with Crippen molar-refractivity contribution in [2.75, 3.05) is 0 Å². The smallest absolute Gasteiger partial charge is 0.0689 e. The van der Waals surface area contributed by atoms with Gasteiger partial charge >= 0.3 is 92.9 Å². The van der Waals surface area contributed by atoms with E-state index in [1.165, 1.54) is 93.9 Å². The van der Waals surface area contributed by atoms with Crippen molar-refractivity contribution in [3.8, 4) is 0 Å². The summed E-state index contributed by atoms with van der Waals surface area (Å²) in [5.41, 5.74) is 0. The summed E-state index contributed by atoms with van der Waals surface area (Å²) < 4.78 is 0. The van der Waals surface area contributed by atoms with E-state index in [1.54, 1.807) is 0 Å². The van der Waals surface area contributed by atoms with Gasteiger partial charge < -0.3 is 15.3 Å². The minimum atomic E-state index is -1.75. The topological polar surface area (TPSA) is 66.2 Å². The van der Waals surface area contributed by atoms with Gasteiger partial charge in [0.1, 0.15) is 0 Å². The van der Waals surface area contributed by atoms with E-state index in [9.17, 15) is 0 Å². The molecule has 0 unspecified atom stereocenters. The Bertz CT molecular complexity index is 290. The summed E-state index contributed by atoms with van der Waals surface area (Å²) in [7, 11) is 0. The zero-order chi connectivity index (χ0) is 17.6. The van der Waals surface area contributed by atoms with Crippen molar-refractivity contribution >= 4 is 0 Å². The molecule has 4 nitrogen and oxygen atoms in total. The van der Waals surface area contributed by atoms with Gasteiger partial charge in [0.05, 0.1) is 5.09 Å². The third-order valence-corrected chi connectivity index (χ3v) is 4.50. The molecule has 0 spiro atoms. The fourth-order valence-electron chi connectivity index (χ4n) is 2.16. The van der Waals surface area contributed by atoms with E-state index in [4.69, 9.17) is 15.3 Å². The summed E-state index contributed by atoms with van der Waals surface area (Å²) in [6, 6.07) is 0. The van der Waals surface area contributed by atoms with Gasteiger partial charge in [-0.3, -0.25) is 0 Å². The van der Waals surface area contributed by atoms with E-state index in [0.29, 0.717) is 0 Å². The summed E-state index contributed by atoms with van der Waals surface area (Å²) in [4.78, 5) is 8.25. The zero-order valence-electron chi connectivity index (χ0n) is 14.9. The van der Waals surface area contributed by atoms with Gasteiger partial charge in [-0.15, -0.1) is 0 Å². The first-order valence-electron chi connectivity index (χ1n) is 9.05. The Balaban J connectivity index is 0. The molecular formula is C18H33NO3Zn. The first-order valence-corrected chi connectivity index (χ1v) is 11.2. The number of rotatable bonds is 14. The Hall–Kier alpha value is -0.697. The first-order chi connectivity index (χ1) is 11.1. The fraction of sp³-hybridized carbons (Fsp3) is 0.778. The minimum Gasteiger partial charge on any atom is -0.356 e. The molecule has 0 aromatic rings. The van der Waals surface area contributed by atoms with Crippen LogP contribution in [0.4, 0.5) is 0 Å². The molecule has 5 heteroatoms. The number of allylic oxidation sites excluding steroid dienone is 4. The molecule has 0 rings (SSSR count). The van der Waals surface area contributed by atoms with E-state index >= 15 is 0 Å². The van der Waals surface area contributed by atoms with Gasteiger partial charge in [0.15, 0.2) is 0 Å². The molecule has 0 aliphatic rings. The largest absolute Gasteiger partial charge is 0.356 e. The third kappa shape index (κ3) is 33.9. The average molecular weight is 377 g/mol. The fourth-order valence-corrected chi connectivity index (χ4v) is 2.91. The third-order valence-electron chi connectivity index (χ3n) is 3.45. The van der Waals surface area contributed by atoms with Gasteiger partial charge in [0.2, 0.25) is 0 Å². The van der Waals surface area contributed by atoms with Crippen LogP contribution in [0.3, 0.4) is 0 Å². The van der Waals surface area contributed by atoms with Gasteiger partial charge in [-0.25, -0.2) is 0 Å². The van der Waals surface area contributed by atoms with E-state index in [0.717, 1.165) is 6.42 Å². The molecule has 0 amide bonds. The summed E-state index contributed by atoms with van der Waals surface area (Å²) in [6.45, 7) is 2.26. The standard InChI is InChI=1S/C18H33.NO3.Zn/c1-3-5-7-9-11-13-15-17-18-16-14-12-10-8-6-4-2;2-1(3)4;/h12,14,17-18H,1,3-11,13,15-16H2,2H3;;/q;-1;+1/b14-12-,18-17-;;. The van der Waals surface area contributed by atoms with E-state index in [1.807, 2.05) is 0 Å². The Kier molecular flexibility index (Phi) is 25.2. The second-order valence-electron chi connectivity index (χ2n) is 5.66. The van der Waals surface area contributed by atoms with Crippen LogP contribution >= 0.6 is 0 Å². The second-order valence-corrected chi connectivity index (χ2v) is 7.15. The molecule has 0 N–H and O–H groups in total. The number of hydrogen-bond donors (Lipinski definition) is 0. The van der Waals surface area contributed by atoms with Crippen molar-refractivity contribution in [3.05, 3.63) is 39.6 Å². The van der Waals surface area contributed by atoms with E-state index in [2.05, 4.69) is 31.2 Å². The van der Waals surface area contributed by atoms with Crippen molar-refractivity contribution in [2.24, 2.45) is 0 Å². The normalized spacial score (nSPS) is 10.9. The number of unbranched alkanes of at least 4 members (excludes halogenated alkanes) is 9. The average Bonchev–Trinajstić information content (AvgIpc) is 2.50. The molecule has 0 fully saturated rings. The molecule has 0 aromatic heterocycles.